The van der Waals surface area contributed by atoms with Crippen molar-refractivity contribution >= 4 is 5.90 Å². The molecular formula is C18H37NO. The van der Waals surface area contributed by atoms with E-state index in [-0.39, 0.29) is 0 Å². The molecule has 0 aliphatic heterocycles. The van der Waals surface area contributed by atoms with Crippen molar-refractivity contribution in [3.05, 3.63) is 0 Å². The molecule has 0 aromatic carbocycles. The van der Waals surface area contributed by atoms with Gasteiger partial charge in [0.1, 0.15) is 0 Å². The molecule has 0 saturated heterocycles. The Balaban J connectivity index is 3.01. The molecule has 0 aliphatic rings. The summed E-state index contributed by atoms with van der Waals surface area (Å²) in [6, 6.07) is 0. The summed E-state index contributed by atoms with van der Waals surface area (Å²) in [7, 11) is 0. The van der Waals surface area contributed by atoms with Crippen LogP contribution < -0.4 is 0 Å². The molecule has 0 amide bonds. The summed E-state index contributed by atoms with van der Waals surface area (Å²) >= 11 is 0. The van der Waals surface area contributed by atoms with Crippen molar-refractivity contribution < 1.29 is 4.74 Å². The van der Waals surface area contributed by atoms with Crippen LogP contribution in [0.3, 0.4) is 0 Å². The fourth-order valence-electron chi connectivity index (χ4n) is 2.55. The maximum Gasteiger partial charge on any atom is 0.180 e. The molecule has 20 heavy (non-hydrogen) atoms. The zero-order valence-corrected chi connectivity index (χ0v) is 14.0. The van der Waals surface area contributed by atoms with Gasteiger partial charge < -0.3 is 4.74 Å². The van der Waals surface area contributed by atoms with Gasteiger partial charge in [-0.1, -0.05) is 84.0 Å². The zero-order chi connectivity index (χ0) is 14.9. The topological polar surface area (TPSA) is 33.1 Å². The molecule has 120 valence electrons. The van der Waals surface area contributed by atoms with E-state index in [1.54, 1.807) is 0 Å². The number of rotatable bonds is 15. The first-order chi connectivity index (χ1) is 9.81. The van der Waals surface area contributed by atoms with E-state index in [0.29, 0.717) is 12.5 Å². The smallest absolute Gasteiger partial charge is 0.180 e. The van der Waals surface area contributed by atoms with E-state index in [0.717, 1.165) is 12.8 Å². The van der Waals surface area contributed by atoms with Gasteiger partial charge in [0.2, 0.25) is 0 Å². The van der Waals surface area contributed by atoms with Crippen LogP contribution in [0.5, 0.6) is 0 Å². The largest absolute Gasteiger partial charge is 0.481 e. The van der Waals surface area contributed by atoms with Gasteiger partial charge in [0, 0.05) is 6.42 Å². The van der Waals surface area contributed by atoms with E-state index in [2.05, 4.69) is 6.92 Å². The molecule has 0 unspecified atom stereocenters. The SMILES string of the molecule is CCCCCCCCCCCCCCCC(=N)OCC. The van der Waals surface area contributed by atoms with Gasteiger partial charge in [-0.2, -0.15) is 0 Å². The van der Waals surface area contributed by atoms with E-state index in [9.17, 15) is 0 Å². The molecule has 1 N–H and O–H groups in total. The van der Waals surface area contributed by atoms with Crippen LogP contribution in [0.15, 0.2) is 0 Å². The first-order valence-electron chi connectivity index (χ1n) is 9.01. The predicted molar refractivity (Wildman–Crippen MR) is 89.7 cm³/mol. The van der Waals surface area contributed by atoms with Gasteiger partial charge in [-0.3, -0.25) is 5.41 Å². The molecule has 0 aromatic rings. The van der Waals surface area contributed by atoms with Gasteiger partial charge in [-0.25, -0.2) is 0 Å². The van der Waals surface area contributed by atoms with Crippen molar-refractivity contribution in [2.24, 2.45) is 0 Å². The van der Waals surface area contributed by atoms with E-state index in [1.807, 2.05) is 6.92 Å². The average molecular weight is 284 g/mol. The maximum atomic E-state index is 7.52. The molecule has 0 fully saturated rings. The Hall–Kier alpha value is -0.530. The monoisotopic (exact) mass is 283 g/mol. The average Bonchev–Trinajstić information content (AvgIpc) is 2.44. The Morgan fingerprint density at radius 2 is 1.05 bits per heavy atom. The van der Waals surface area contributed by atoms with E-state index in [1.165, 1.54) is 77.0 Å². The normalized spacial score (nSPS) is 10.7. The Kier molecular flexibility index (Phi) is 16.1. The van der Waals surface area contributed by atoms with Gasteiger partial charge in [0.15, 0.2) is 5.90 Å². The summed E-state index contributed by atoms with van der Waals surface area (Å²) in [5, 5.41) is 7.52. The third kappa shape index (κ3) is 15.5. The lowest BCUT2D eigenvalue weighted by Gasteiger charge is -2.05. The zero-order valence-electron chi connectivity index (χ0n) is 14.0. The van der Waals surface area contributed by atoms with Crippen LogP contribution in [0.25, 0.3) is 0 Å². The number of ether oxygens (including phenoxy) is 1. The number of unbranched alkanes of at least 4 members (excludes halogenated alkanes) is 12. The highest BCUT2D eigenvalue weighted by Gasteiger charge is 1.97. The number of nitrogens with one attached hydrogen (secondary N) is 1. The Morgan fingerprint density at radius 1 is 0.650 bits per heavy atom. The van der Waals surface area contributed by atoms with Crippen LogP contribution in [0.4, 0.5) is 0 Å². The minimum atomic E-state index is 0.468. The molecule has 0 spiro atoms. The molecule has 0 atom stereocenters. The van der Waals surface area contributed by atoms with E-state index >= 15 is 0 Å². The highest BCUT2D eigenvalue weighted by atomic mass is 16.5. The summed E-state index contributed by atoms with van der Waals surface area (Å²) in [5.41, 5.74) is 0. The second kappa shape index (κ2) is 16.5. The number of hydrogen-bond acceptors (Lipinski definition) is 2. The van der Waals surface area contributed by atoms with Gasteiger partial charge in [-0.15, -0.1) is 0 Å². The Labute approximate surface area is 127 Å². The molecule has 0 rings (SSSR count). The lowest BCUT2D eigenvalue weighted by Crippen LogP contribution is -2.02. The molecule has 0 saturated carbocycles. The Morgan fingerprint density at radius 3 is 1.45 bits per heavy atom. The molecule has 0 aromatic heterocycles. The number of hydrogen-bond donors (Lipinski definition) is 1. The molecule has 2 nitrogen and oxygen atoms in total. The second-order valence-electron chi connectivity index (χ2n) is 5.85. The first kappa shape index (κ1) is 19.5. The van der Waals surface area contributed by atoms with Crippen molar-refractivity contribution in [1.29, 1.82) is 5.41 Å². The van der Waals surface area contributed by atoms with Crippen LogP contribution in [0.2, 0.25) is 0 Å². The van der Waals surface area contributed by atoms with Gasteiger partial charge >= 0.3 is 0 Å². The van der Waals surface area contributed by atoms with Crippen molar-refractivity contribution in [2.45, 2.75) is 104 Å². The molecule has 0 aliphatic carbocycles. The van der Waals surface area contributed by atoms with Gasteiger partial charge in [-0.05, 0) is 13.3 Å². The van der Waals surface area contributed by atoms with E-state index < -0.39 is 0 Å². The summed E-state index contributed by atoms with van der Waals surface area (Å²) in [6.07, 6.45) is 18.7. The minimum Gasteiger partial charge on any atom is -0.481 e. The fraction of sp³-hybridized carbons (Fsp3) is 0.944. The second-order valence-corrected chi connectivity index (χ2v) is 5.85. The summed E-state index contributed by atoms with van der Waals surface area (Å²) in [4.78, 5) is 0. The van der Waals surface area contributed by atoms with E-state index in [4.69, 9.17) is 10.1 Å². The van der Waals surface area contributed by atoms with Crippen LogP contribution in [-0.4, -0.2) is 12.5 Å². The van der Waals surface area contributed by atoms with Crippen LogP contribution >= 0.6 is 0 Å². The standard InChI is InChI=1S/C18H37NO/c1-3-5-6-7-8-9-10-11-12-13-14-15-16-17-18(19)20-4-2/h19H,3-17H2,1-2H3. The summed E-state index contributed by atoms with van der Waals surface area (Å²) in [5.74, 6) is 0.468. The first-order valence-corrected chi connectivity index (χ1v) is 9.01. The van der Waals surface area contributed by atoms with Gasteiger partial charge in [0.05, 0.1) is 6.61 Å². The predicted octanol–water partition coefficient (Wildman–Crippen LogP) is 6.48. The lowest BCUT2D eigenvalue weighted by atomic mass is 10.0. The Bertz CT molecular complexity index is 204. The van der Waals surface area contributed by atoms with Crippen molar-refractivity contribution in [1.82, 2.24) is 0 Å². The van der Waals surface area contributed by atoms with Gasteiger partial charge in [0.25, 0.3) is 0 Å². The quantitative estimate of drug-likeness (QED) is 0.208. The van der Waals surface area contributed by atoms with Crippen LogP contribution in [-0.2, 0) is 4.74 Å². The van der Waals surface area contributed by atoms with Crippen molar-refractivity contribution in [2.75, 3.05) is 6.61 Å². The van der Waals surface area contributed by atoms with Crippen LogP contribution in [0, 0.1) is 5.41 Å². The molecule has 0 radical (unpaired) electrons. The van der Waals surface area contributed by atoms with Crippen molar-refractivity contribution in [3.8, 4) is 0 Å². The third-order valence-corrected chi connectivity index (χ3v) is 3.83. The molecular weight excluding hydrogens is 246 g/mol. The summed E-state index contributed by atoms with van der Waals surface area (Å²) < 4.78 is 5.13. The third-order valence-electron chi connectivity index (χ3n) is 3.83. The lowest BCUT2D eigenvalue weighted by molar-refractivity contribution is 0.312. The fourth-order valence-corrected chi connectivity index (χ4v) is 2.55. The van der Waals surface area contributed by atoms with Crippen LogP contribution in [0.1, 0.15) is 104 Å². The highest BCUT2D eigenvalue weighted by Crippen LogP contribution is 2.13. The molecule has 0 bridgehead atoms. The molecule has 2 heteroatoms. The highest BCUT2D eigenvalue weighted by molar-refractivity contribution is 5.72. The minimum absolute atomic E-state index is 0.468. The molecule has 0 heterocycles. The van der Waals surface area contributed by atoms with Crippen molar-refractivity contribution in [3.63, 3.8) is 0 Å². The summed E-state index contributed by atoms with van der Waals surface area (Å²) in [6.45, 7) is 4.86. The maximum absolute atomic E-state index is 7.52.